The minimum Gasteiger partial charge on any atom is -0.497 e. The lowest BCUT2D eigenvalue weighted by atomic mass is 9.79. The molecular formula is C18H27FO3. The van der Waals surface area contributed by atoms with E-state index in [1.54, 1.807) is 6.07 Å². The molecular weight excluding hydrogens is 283 g/mol. The third-order valence-corrected chi connectivity index (χ3v) is 4.36. The molecule has 3 nitrogen and oxygen atoms in total. The normalized spacial score (nSPS) is 17.5. The van der Waals surface area contributed by atoms with Gasteiger partial charge in [0.25, 0.3) is 0 Å². The molecule has 0 bridgehead atoms. The van der Waals surface area contributed by atoms with Crippen LogP contribution < -0.4 is 9.47 Å². The fraction of sp³-hybridized carbons (Fsp3) is 0.667. The van der Waals surface area contributed by atoms with Crippen molar-refractivity contribution in [2.45, 2.75) is 58.0 Å². The number of halogens is 1. The van der Waals surface area contributed by atoms with Gasteiger partial charge in [0.15, 0.2) is 0 Å². The Hall–Kier alpha value is -1.29. The molecule has 22 heavy (non-hydrogen) atoms. The van der Waals surface area contributed by atoms with Gasteiger partial charge < -0.3 is 14.6 Å². The van der Waals surface area contributed by atoms with E-state index in [2.05, 4.69) is 13.8 Å². The number of ether oxygens (including phenoxy) is 2. The van der Waals surface area contributed by atoms with Crippen LogP contribution in [0.5, 0.6) is 11.5 Å². The van der Waals surface area contributed by atoms with Crippen molar-refractivity contribution in [1.29, 1.82) is 0 Å². The van der Waals surface area contributed by atoms with E-state index in [-0.39, 0.29) is 0 Å². The number of hydrogen-bond donors (Lipinski definition) is 1. The molecule has 1 fully saturated rings. The van der Waals surface area contributed by atoms with Gasteiger partial charge in [-0.1, -0.05) is 33.1 Å². The van der Waals surface area contributed by atoms with Crippen LogP contribution in [0.25, 0.3) is 0 Å². The van der Waals surface area contributed by atoms with Gasteiger partial charge >= 0.3 is 0 Å². The fourth-order valence-electron chi connectivity index (χ4n) is 3.03. The van der Waals surface area contributed by atoms with Crippen molar-refractivity contribution in [3.05, 3.63) is 23.5 Å². The van der Waals surface area contributed by atoms with E-state index in [1.165, 1.54) is 13.2 Å². The Morgan fingerprint density at radius 1 is 1.23 bits per heavy atom. The summed E-state index contributed by atoms with van der Waals surface area (Å²) in [5.74, 6) is 0.905. The first kappa shape index (κ1) is 17.1. The van der Waals surface area contributed by atoms with E-state index in [1.807, 2.05) is 0 Å². The SMILES string of the molecule is COc1cc(F)c(C2(O)CCCCC2)c(OCCC(C)C)c1. The highest BCUT2D eigenvalue weighted by Gasteiger charge is 2.37. The molecule has 0 radical (unpaired) electrons. The number of hydrogen-bond acceptors (Lipinski definition) is 3. The van der Waals surface area contributed by atoms with Crippen molar-refractivity contribution < 1.29 is 19.0 Å². The third-order valence-electron chi connectivity index (χ3n) is 4.36. The Balaban J connectivity index is 2.32. The predicted octanol–water partition coefficient (Wildman–Crippen LogP) is 4.41. The smallest absolute Gasteiger partial charge is 0.136 e. The second-order valence-electron chi connectivity index (χ2n) is 6.61. The molecule has 1 N–H and O–H groups in total. The molecule has 1 aliphatic carbocycles. The van der Waals surface area contributed by atoms with Gasteiger partial charge in [-0.3, -0.25) is 0 Å². The first-order valence-corrected chi connectivity index (χ1v) is 8.19. The van der Waals surface area contributed by atoms with E-state index in [0.717, 1.165) is 25.7 Å². The molecule has 0 spiro atoms. The standard InChI is InChI=1S/C18H27FO3/c1-13(2)7-10-22-16-12-14(21-3)11-15(19)17(16)18(20)8-5-4-6-9-18/h11-13,20H,4-10H2,1-3H3. The first-order valence-electron chi connectivity index (χ1n) is 8.19. The summed E-state index contributed by atoms with van der Waals surface area (Å²) in [5, 5.41) is 10.9. The van der Waals surface area contributed by atoms with Crippen molar-refractivity contribution in [1.82, 2.24) is 0 Å². The minimum absolute atomic E-state index is 0.303. The molecule has 1 saturated carbocycles. The van der Waals surface area contributed by atoms with Crippen LogP contribution in [0, 0.1) is 11.7 Å². The van der Waals surface area contributed by atoms with Gasteiger partial charge in [0.2, 0.25) is 0 Å². The summed E-state index contributed by atoms with van der Waals surface area (Å²) in [5.41, 5.74) is -0.821. The highest BCUT2D eigenvalue weighted by Crippen LogP contribution is 2.44. The van der Waals surface area contributed by atoms with Gasteiger partial charge in [-0.25, -0.2) is 4.39 Å². The van der Waals surface area contributed by atoms with Gasteiger partial charge in [0, 0.05) is 12.1 Å². The highest BCUT2D eigenvalue weighted by molar-refractivity contribution is 5.45. The average molecular weight is 310 g/mol. The molecule has 0 aliphatic heterocycles. The van der Waals surface area contributed by atoms with Crippen LogP contribution in [0.1, 0.15) is 57.9 Å². The van der Waals surface area contributed by atoms with Gasteiger partial charge in [0.1, 0.15) is 17.3 Å². The summed E-state index contributed by atoms with van der Waals surface area (Å²) >= 11 is 0. The van der Waals surface area contributed by atoms with Crippen molar-refractivity contribution >= 4 is 0 Å². The Morgan fingerprint density at radius 2 is 1.91 bits per heavy atom. The van der Waals surface area contributed by atoms with Crippen LogP contribution in [-0.2, 0) is 5.60 Å². The number of methoxy groups -OCH3 is 1. The molecule has 0 heterocycles. The van der Waals surface area contributed by atoms with Crippen LogP contribution in [0.15, 0.2) is 12.1 Å². The molecule has 124 valence electrons. The lowest BCUT2D eigenvalue weighted by Gasteiger charge is -2.34. The van der Waals surface area contributed by atoms with E-state index in [0.29, 0.717) is 42.4 Å². The minimum atomic E-state index is -1.12. The summed E-state index contributed by atoms with van der Waals surface area (Å²) in [6.45, 7) is 4.74. The molecule has 1 aromatic rings. The summed E-state index contributed by atoms with van der Waals surface area (Å²) < 4.78 is 25.5. The van der Waals surface area contributed by atoms with Gasteiger partial charge in [-0.2, -0.15) is 0 Å². The lowest BCUT2D eigenvalue weighted by Crippen LogP contribution is -2.30. The van der Waals surface area contributed by atoms with Crippen molar-refractivity contribution in [3.8, 4) is 11.5 Å². The second-order valence-corrected chi connectivity index (χ2v) is 6.61. The lowest BCUT2D eigenvalue weighted by molar-refractivity contribution is -0.00638. The summed E-state index contributed by atoms with van der Waals surface area (Å²) in [7, 11) is 1.50. The molecule has 2 rings (SSSR count). The first-order chi connectivity index (χ1) is 10.5. The number of aliphatic hydroxyl groups is 1. The van der Waals surface area contributed by atoms with E-state index in [4.69, 9.17) is 9.47 Å². The van der Waals surface area contributed by atoms with Gasteiger partial charge in [-0.15, -0.1) is 0 Å². The maximum absolute atomic E-state index is 14.6. The van der Waals surface area contributed by atoms with Crippen molar-refractivity contribution in [2.75, 3.05) is 13.7 Å². The zero-order chi connectivity index (χ0) is 16.2. The Bertz CT molecular complexity index is 493. The topological polar surface area (TPSA) is 38.7 Å². The molecule has 1 aromatic carbocycles. The molecule has 0 saturated heterocycles. The number of rotatable bonds is 6. The zero-order valence-corrected chi connectivity index (χ0v) is 13.8. The molecule has 0 unspecified atom stereocenters. The summed E-state index contributed by atoms with van der Waals surface area (Å²) in [6.07, 6.45) is 4.95. The van der Waals surface area contributed by atoms with Crippen LogP contribution >= 0.6 is 0 Å². The molecule has 4 heteroatoms. The molecule has 0 aromatic heterocycles. The van der Waals surface area contributed by atoms with Crippen LogP contribution in [-0.4, -0.2) is 18.8 Å². The fourth-order valence-corrected chi connectivity index (χ4v) is 3.03. The van der Waals surface area contributed by atoms with E-state index >= 15 is 0 Å². The van der Waals surface area contributed by atoms with Crippen LogP contribution in [0.4, 0.5) is 4.39 Å². The highest BCUT2D eigenvalue weighted by atomic mass is 19.1. The zero-order valence-electron chi connectivity index (χ0n) is 13.8. The van der Waals surface area contributed by atoms with Crippen molar-refractivity contribution in [3.63, 3.8) is 0 Å². The summed E-state index contributed by atoms with van der Waals surface area (Å²) in [4.78, 5) is 0. The Kier molecular flexibility index (Phi) is 5.68. The molecule has 1 aliphatic rings. The third kappa shape index (κ3) is 3.92. The van der Waals surface area contributed by atoms with Crippen LogP contribution in [0.3, 0.4) is 0 Å². The maximum atomic E-state index is 14.6. The van der Waals surface area contributed by atoms with E-state index < -0.39 is 11.4 Å². The largest absolute Gasteiger partial charge is 0.497 e. The second kappa shape index (κ2) is 7.32. The Labute approximate surface area is 132 Å². The van der Waals surface area contributed by atoms with Crippen LogP contribution in [0.2, 0.25) is 0 Å². The van der Waals surface area contributed by atoms with Crippen molar-refractivity contribution in [2.24, 2.45) is 5.92 Å². The average Bonchev–Trinajstić information content (AvgIpc) is 2.46. The van der Waals surface area contributed by atoms with Gasteiger partial charge in [0.05, 0.1) is 24.9 Å². The molecule has 0 atom stereocenters. The maximum Gasteiger partial charge on any atom is 0.136 e. The monoisotopic (exact) mass is 310 g/mol. The molecule has 0 amide bonds. The Morgan fingerprint density at radius 3 is 2.50 bits per heavy atom. The van der Waals surface area contributed by atoms with Gasteiger partial charge in [-0.05, 0) is 25.2 Å². The predicted molar refractivity (Wildman–Crippen MR) is 84.9 cm³/mol. The van der Waals surface area contributed by atoms with E-state index in [9.17, 15) is 9.50 Å². The number of benzene rings is 1. The quantitative estimate of drug-likeness (QED) is 0.846. The summed E-state index contributed by atoms with van der Waals surface area (Å²) in [6, 6.07) is 3.02.